The summed E-state index contributed by atoms with van der Waals surface area (Å²) < 4.78 is 8.49. The van der Waals surface area contributed by atoms with Crippen molar-refractivity contribution in [3.63, 3.8) is 0 Å². The van der Waals surface area contributed by atoms with Crippen LogP contribution in [0.4, 0.5) is 0 Å². The highest BCUT2D eigenvalue weighted by atomic mass is 16.5. The molecule has 0 aliphatic heterocycles. The highest BCUT2D eigenvalue weighted by Crippen LogP contribution is 2.14. The molecule has 0 atom stereocenters. The molecule has 24 heavy (non-hydrogen) atoms. The molecule has 7 heteroatoms. The molecule has 0 spiro atoms. The number of nitrogens with zero attached hydrogens (tertiary/aromatic N) is 5. The van der Waals surface area contributed by atoms with Gasteiger partial charge in [-0.3, -0.25) is 14.1 Å². The second kappa shape index (κ2) is 5.77. The fourth-order valence-corrected chi connectivity index (χ4v) is 2.78. The van der Waals surface area contributed by atoms with Crippen LogP contribution in [0.5, 0.6) is 0 Å². The molecule has 0 aliphatic carbocycles. The molecule has 7 nitrogen and oxygen atoms in total. The number of fused-ring (bicyclic) bond motifs is 1. The number of hydrogen-bond donors (Lipinski definition) is 0. The van der Waals surface area contributed by atoms with Crippen molar-refractivity contribution < 1.29 is 4.52 Å². The van der Waals surface area contributed by atoms with Gasteiger partial charge in [-0.05, 0) is 18.6 Å². The van der Waals surface area contributed by atoms with Crippen molar-refractivity contribution in [1.29, 1.82) is 0 Å². The smallest absolute Gasteiger partial charge is 0.329 e. The topological polar surface area (TPSA) is 78.7 Å². The minimum atomic E-state index is -0.127. The van der Waals surface area contributed by atoms with Gasteiger partial charge in [0.2, 0.25) is 5.89 Å². The summed E-state index contributed by atoms with van der Waals surface area (Å²) in [4.78, 5) is 21.2. The first-order chi connectivity index (χ1) is 11.7. The highest BCUT2D eigenvalue weighted by molar-refractivity contribution is 5.75. The van der Waals surface area contributed by atoms with Gasteiger partial charge in [-0.15, -0.1) is 0 Å². The fraction of sp³-hybridized carbons (Fsp3) is 0.176. The van der Waals surface area contributed by atoms with Crippen LogP contribution >= 0.6 is 0 Å². The summed E-state index contributed by atoms with van der Waals surface area (Å²) in [6.45, 7) is 2.47. The van der Waals surface area contributed by atoms with Crippen LogP contribution in [0.2, 0.25) is 0 Å². The monoisotopic (exact) mass is 321 g/mol. The van der Waals surface area contributed by atoms with Gasteiger partial charge in [0.15, 0.2) is 5.82 Å². The molecule has 0 saturated heterocycles. The van der Waals surface area contributed by atoms with E-state index in [2.05, 4.69) is 15.1 Å². The molecular formula is C17H15N5O2. The number of benzene rings is 1. The first-order valence-electron chi connectivity index (χ1n) is 7.58. The lowest BCUT2D eigenvalue weighted by molar-refractivity contribution is 0.367. The summed E-state index contributed by atoms with van der Waals surface area (Å²) in [7, 11) is 0. The first kappa shape index (κ1) is 14.4. The molecule has 0 fully saturated rings. The summed E-state index contributed by atoms with van der Waals surface area (Å²) in [5.41, 5.74) is 2.51. The Balaban J connectivity index is 1.82. The molecule has 0 aliphatic rings. The van der Waals surface area contributed by atoms with Gasteiger partial charge in [-0.2, -0.15) is 4.98 Å². The van der Waals surface area contributed by atoms with E-state index in [1.807, 2.05) is 36.4 Å². The standard InChI is InChI=1S/C17H15N5O2/c1-12-19-16(24-20-12)11-22-15-9-18-8-7-14(15)21(17(22)23)10-13-5-3-2-4-6-13/h2-9H,10-11H2,1H3. The lowest BCUT2D eigenvalue weighted by Crippen LogP contribution is -2.25. The third kappa shape index (κ3) is 2.50. The summed E-state index contributed by atoms with van der Waals surface area (Å²) in [5, 5.41) is 3.77. The van der Waals surface area contributed by atoms with Crippen LogP contribution in [0.15, 0.2) is 58.1 Å². The predicted octanol–water partition coefficient (Wildman–Crippen LogP) is 1.99. The molecule has 0 N–H and O–H groups in total. The number of imidazole rings is 1. The zero-order valence-corrected chi connectivity index (χ0v) is 13.1. The molecule has 0 radical (unpaired) electrons. The zero-order chi connectivity index (χ0) is 16.5. The van der Waals surface area contributed by atoms with Gasteiger partial charge in [0.1, 0.15) is 6.54 Å². The van der Waals surface area contributed by atoms with Crippen molar-refractivity contribution >= 4 is 11.0 Å². The van der Waals surface area contributed by atoms with E-state index in [4.69, 9.17) is 4.52 Å². The molecule has 0 unspecified atom stereocenters. The van der Waals surface area contributed by atoms with Gasteiger partial charge in [0, 0.05) is 6.20 Å². The molecule has 4 aromatic rings. The van der Waals surface area contributed by atoms with Gasteiger partial charge in [0.25, 0.3) is 0 Å². The van der Waals surface area contributed by atoms with Crippen LogP contribution in [-0.4, -0.2) is 24.3 Å². The number of aromatic nitrogens is 5. The fourth-order valence-electron chi connectivity index (χ4n) is 2.78. The predicted molar refractivity (Wildman–Crippen MR) is 87.7 cm³/mol. The third-order valence-corrected chi connectivity index (χ3v) is 3.87. The van der Waals surface area contributed by atoms with Crippen LogP contribution < -0.4 is 5.69 Å². The van der Waals surface area contributed by atoms with Gasteiger partial charge in [-0.25, -0.2) is 4.79 Å². The minimum Gasteiger partial charge on any atom is -0.337 e. The lowest BCUT2D eigenvalue weighted by Gasteiger charge is -2.03. The van der Waals surface area contributed by atoms with Crippen LogP contribution in [0, 0.1) is 6.92 Å². The van der Waals surface area contributed by atoms with E-state index in [1.165, 1.54) is 0 Å². The molecule has 0 saturated carbocycles. The minimum absolute atomic E-state index is 0.127. The molecule has 0 bridgehead atoms. The zero-order valence-electron chi connectivity index (χ0n) is 13.1. The summed E-state index contributed by atoms with van der Waals surface area (Å²) in [6, 6.07) is 11.7. The van der Waals surface area contributed by atoms with Crippen LogP contribution in [0.1, 0.15) is 17.3 Å². The maximum atomic E-state index is 12.9. The van der Waals surface area contributed by atoms with Crippen molar-refractivity contribution in [3.05, 3.63) is 76.6 Å². The van der Waals surface area contributed by atoms with Crippen LogP contribution in [0.3, 0.4) is 0 Å². The van der Waals surface area contributed by atoms with Crippen LogP contribution in [-0.2, 0) is 13.1 Å². The van der Waals surface area contributed by atoms with Gasteiger partial charge >= 0.3 is 5.69 Å². The third-order valence-electron chi connectivity index (χ3n) is 3.87. The number of aryl methyl sites for hydroxylation is 1. The van der Waals surface area contributed by atoms with Crippen LogP contribution in [0.25, 0.3) is 11.0 Å². The maximum Gasteiger partial charge on any atom is 0.329 e. The Morgan fingerprint density at radius 2 is 1.83 bits per heavy atom. The summed E-state index contributed by atoms with van der Waals surface area (Å²) in [6.07, 6.45) is 3.37. The Morgan fingerprint density at radius 1 is 1.04 bits per heavy atom. The largest absolute Gasteiger partial charge is 0.337 e. The van der Waals surface area contributed by atoms with E-state index in [9.17, 15) is 4.79 Å². The Hall–Kier alpha value is -3.22. The normalized spacial score (nSPS) is 11.2. The molecule has 3 aromatic heterocycles. The van der Waals surface area contributed by atoms with E-state index in [1.54, 1.807) is 28.5 Å². The highest BCUT2D eigenvalue weighted by Gasteiger charge is 2.16. The number of pyridine rings is 1. The van der Waals surface area contributed by atoms with Gasteiger partial charge < -0.3 is 4.52 Å². The van der Waals surface area contributed by atoms with Crippen molar-refractivity contribution in [2.75, 3.05) is 0 Å². The molecule has 120 valence electrons. The van der Waals surface area contributed by atoms with Gasteiger partial charge in [-0.1, -0.05) is 35.5 Å². The summed E-state index contributed by atoms with van der Waals surface area (Å²) >= 11 is 0. The lowest BCUT2D eigenvalue weighted by atomic mass is 10.2. The van der Waals surface area contributed by atoms with Crippen molar-refractivity contribution in [1.82, 2.24) is 24.3 Å². The van der Waals surface area contributed by atoms with E-state index in [0.29, 0.717) is 18.3 Å². The Bertz CT molecular complexity index is 1050. The molecule has 0 amide bonds. The van der Waals surface area contributed by atoms with Crippen molar-refractivity contribution in [2.45, 2.75) is 20.0 Å². The SMILES string of the molecule is Cc1noc(Cn2c(=O)n(Cc3ccccc3)c3ccncc32)n1. The second-order valence-electron chi connectivity index (χ2n) is 5.54. The second-order valence-corrected chi connectivity index (χ2v) is 5.54. The first-order valence-corrected chi connectivity index (χ1v) is 7.58. The average molecular weight is 321 g/mol. The van der Waals surface area contributed by atoms with E-state index < -0.39 is 0 Å². The maximum absolute atomic E-state index is 12.9. The van der Waals surface area contributed by atoms with Gasteiger partial charge in [0.05, 0.1) is 23.8 Å². The Morgan fingerprint density at radius 3 is 2.58 bits per heavy atom. The Kier molecular flexibility index (Phi) is 3.45. The summed E-state index contributed by atoms with van der Waals surface area (Å²) in [5.74, 6) is 0.946. The Labute approximate surface area is 137 Å². The van der Waals surface area contributed by atoms with E-state index in [-0.39, 0.29) is 12.2 Å². The number of rotatable bonds is 4. The van der Waals surface area contributed by atoms with E-state index >= 15 is 0 Å². The molecule has 3 heterocycles. The average Bonchev–Trinajstić information content (AvgIpc) is 3.13. The van der Waals surface area contributed by atoms with E-state index in [0.717, 1.165) is 16.6 Å². The van der Waals surface area contributed by atoms with Crippen molar-refractivity contribution in [2.24, 2.45) is 0 Å². The molecule has 1 aromatic carbocycles. The van der Waals surface area contributed by atoms with Crippen molar-refractivity contribution in [3.8, 4) is 0 Å². The molecule has 4 rings (SSSR count). The molecular weight excluding hydrogens is 306 g/mol. The number of hydrogen-bond acceptors (Lipinski definition) is 5. The quantitative estimate of drug-likeness (QED) is 0.574.